The van der Waals surface area contributed by atoms with Crippen LogP contribution in [0.25, 0.3) is 0 Å². The molecule has 20 heavy (non-hydrogen) atoms. The van der Waals surface area contributed by atoms with Crippen LogP contribution in [-0.2, 0) is 6.42 Å². The van der Waals surface area contributed by atoms with Crippen LogP contribution in [0.1, 0.15) is 51.5 Å². The van der Waals surface area contributed by atoms with Crippen molar-refractivity contribution in [1.29, 1.82) is 0 Å². The molecule has 1 aliphatic carbocycles. The monoisotopic (exact) mass is 275 g/mol. The smallest absolute Gasteiger partial charge is 0.122 e. The number of benzene rings is 1. The Kier molecular flexibility index (Phi) is 5.09. The van der Waals surface area contributed by atoms with Gasteiger partial charge in [-0.1, -0.05) is 44.9 Å². The highest BCUT2D eigenvalue weighted by molar-refractivity contribution is 5.34. The molecular weight excluding hydrogens is 246 g/mol. The van der Waals surface area contributed by atoms with E-state index in [-0.39, 0.29) is 6.04 Å². The summed E-state index contributed by atoms with van der Waals surface area (Å²) in [4.78, 5) is 0. The van der Waals surface area contributed by atoms with E-state index in [4.69, 9.17) is 10.5 Å². The first-order valence-corrected chi connectivity index (χ1v) is 7.95. The van der Waals surface area contributed by atoms with Gasteiger partial charge in [0.05, 0.1) is 7.11 Å². The molecule has 2 N–H and O–H groups in total. The molecule has 1 aromatic carbocycles. The molecule has 1 saturated carbocycles. The van der Waals surface area contributed by atoms with Crippen molar-refractivity contribution in [3.05, 3.63) is 29.8 Å². The van der Waals surface area contributed by atoms with Gasteiger partial charge in [-0.05, 0) is 48.6 Å². The zero-order chi connectivity index (χ0) is 14.6. The van der Waals surface area contributed by atoms with Crippen LogP contribution in [0.3, 0.4) is 0 Å². The van der Waals surface area contributed by atoms with E-state index in [9.17, 15) is 0 Å². The average molecular weight is 275 g/mol. The number of ether oxygens (including phenoxy) is 1. The third-order valence-electron chi connectivity index (χ3n) is 4.83. The predicted octanol–water partition coefficient (Wildman–Crippen LogP) is 4.17. The summed E-state index contributed by atoms with van der Waals surface area (Å²) >= 11 is 0. The maximum atomic E-state index is 6.66. The quantitative estimate of drug-likeness (QED) is 0.845. The minimum absolute atomic E-state index is 0.240. The molecular formula is C18H29NO. The van der Waals surface area contributed by atoms with Gasteiger partial charge < -0.3 is 10.5 Å². The van der Waals surface area contributed by atoms with Gasteiger partial charge in [-0.15, -0.1) is 0 Å². The molecule has 0 heterocycles. The molecule has 0 aromatic heterocycles. The van der Waals surface area contributed by atoms with Crippen molar-refractivity contribution in [3.63, 3.8) is 0 Å². The summed E-state index contributed by atoms with van der Waals surface area (Å²) in [5.41, 5.74) is 8.25. The Labute approximate surface area is 123 Å². The van der Waals surface area contributed by atoms with Gasteiger partial charge in [0.1, 0.15) is 5.75 Å². The molecule has 0 spiro atoms. The number of para-hydroxylation sites is 1. The lowest BCUT2D eigenvalue weighted by molar-refractivity contribution is 0.181. The molecule has 1 aromatic rings. The summed E-state index contributed by atoms with van der Waals surface area (Å²) < 4.78 is 5.47. The van der Waals surface area contributed by atoms with Gasteiger partial charge in [-0.25, -0.2) is 0 Å². The molecule has 1 aliphatic rings. The molecule has 1 fully saturated rings. The van der Waals surface area contributed by atoms with E-state index in [1.54, 1.807) is 7.11 Å². The van der Waals surface area contributed by atoms with Crippen molar-refractivity contribution in [2.24, 2.45) is 17.1 Å². The molecule has 2 heteroatoms. The van der Waals surface area contributed by atoms with Crippen molar-refractivity contribution >= 4 is 0 Å². The van der Waals surface area contributed by atoms with Gasteiger partial charge >= 0.3 is 0 Å². The van der Waals surface area contributed by atoms with Crippen LogP contribution in [0, 0.1) is 11.3 Å². The maximum absolute atomic E-state index is 6.66. The predicted molar refractivity (Wildman–Crippen MR) is 85.0 cm³/mol. The van der Waals surface area contributed by atoms with E-state index in [2.05, 4.69) is 26.0 Å². The first kappa shape index (κ1) is 15.4. The summed E-state index contributed by atoms with van der Waals surface area (Å²) in [5.74, 6) is 1.69. The highest BCUT2D eigenvalue weighted by Gasteiger charge is 2.39. The molecule has 0 saturated heterocycles. The normalized spacial score (nSPS) is 19.2. The fourth-order valence-corrected chi connectivity index (χ4v) is 3.94. The van der Waals surface area contributed by atoms with Crippen molar-refractivity contribution in [1.82, 2.24) is 0 Å². The highest BCUT2D eigenvalue weighted by atomic mass is 16.5. The second-order valence-electron chi connectivity index (χ2n) is 6.79. The molecule has 2 nitrogen and oxygen atoms in total. The van der Waals surface area contributed by atoms with Gasteiger partial charge in [0.15, 0.2) is 0 Å². The highest BCUT2D eigenvalue weighted by Crippen LogP contribution is 2.46. The summed E-state index contributed by atoms with van der Waals surface area (Å²) in [5, 5.41) is 0. The zero-order valence-corrected chi connectivity index (χ0v) is 13.2. The fraction of sp³-hybridized carbons (Fsp3) is 0.667. The standard InChI is InChI=1S/C18H29NO/c1-14(2)13-18(10-6-7-11-18)17(19)12-15-8-4-5-9-16(15)20-3/h4-5,8-9,14,17H,6-7,10-13,19H2,1-3H3. The van der Waals surface area contributed by atoms with Crippen molar-refractivity contribution in [3.8, 4) is 5.75 Å². The average Bonchev–Trinajstić information content (AvgIpc) is 2.88. The molecule has 1 atom stereocenters. The first-order valence-electron chi connectivity index (χ1n) is 7.95. The molecule has 0 bridgehead atoms. The van der Waals surface area contributed by atoms with E-state index in [0.717, 1.165) is 18.1 Å². The SMILES string of the molecule is COc1ccccc1CC(N)C1(CC(C)C)CCCC1. The number of rotatable bonds is 6. The van der Waals surface area contributed by atoms with Gasteiger partial charge in [0, 0.05) is 6.04 Å². The van der Waals surface area contributed by atoms with E-state index in [1.807, 2.05) is 12.1 Å². The molecule has 0 aliphatic heterocycles. The van der Waals surface area contributed by atoms with Crippen LogP contribution in [-0.4, -0.2) is 13.2 Å². The lowest BCUT2D eigenvalue weighted by Crippen LogP contribution is -2.42. The minimum Gasteiger partial charge on any atom is -0.496 e. The van der Waals surface area contributed by atoms with E-state index in [1.165, 1.54) is 37.7 Å². The largest absolute Gasteiger partial charge is 0.496 e. The van der Waals surface area contributed by atoms with Gasteiger partial charge in [-0.3, -0.25) is 0 Å². The van der Waals surface area contributed by atoms with Crippen molar-refractivity contribution in [2.45, 2.75) is 58.4 Å². The van der Waals surface area contributed by atoms with Gasteiger partial charge in [0.2, 0.25) is 0 Å². The van der Waals surface area contributed by atoms with Crippen molar-refractivity contribution < 1.29 is 4.74 Å². The Morgan fingerprint density at radius 2 is 1.85 bits per heavy atom. The molecule has 0 radical (unpaired) electrons. The molecule has 0 amide bonds. The molecule has 1 unspecified atom stereocenters. The van der Waals surface area contributed by atoms with Crippen molar-refractivity contribution in [2.75, 3.05) is 7.11 Å². The van der Waals surface area contributed by atoms with E-state index in [0.29, 0.717) is 5.41 Å². The summed E-state index contributed by atoms with van der Waals surface area (Å²) in [6.45, 7) is 4.63. The third-order valence-corrected chi connectivity index (χ3v) is 4.83. The number of methoxy groups -OCH3 is 1. The Balaban J connectivity index is 2.14. The summed E-state index contributed by atoms with van der Waals surface area (Å²) in [6, 6.07) is 8.52. The van der Waals surface area contributed by atoms with Gasteiger partial charge in [-0.2, -0.15) is 0 Å². The topological polar surface area (TPSA) is 35.2 Å². The first-order chi connectivity index (χ1) is 9.57. The Hall–Kier alpha value is -1.02. The Morgan fingerprint density at radius 1 is 1.20 bits per heavy atom. The second-order valence-corrected chi connectivity index (χ2v) is 6.79. The van der Waals surface area contributed by atoms with E-state index < -0.39 is 0 Å². The van der Waals surface area contributed by atoms with Crippen LogP contribution >= 0.6 is 0 Å². The second kappa shape index (κ2) is 6.62. The number of hydrogen-bond acceptors (Lipinski definition) is 2. The Morgan fingerprint density at radius 3 is 2.45 bits per heavy atom. The Bertz CT molecular complexity index is 421. The maximum Gasteiger partial charge on any atom is 0.122 e. The summed E-state index contributed by atoms with van der Waals surface area (Å²) in [6.07, 6.45) is 7.45. The zero-order valence-electron chi connectivity index (χ0n) is 13.2. The molecule has 2 rings (SSSR count). The third kappa shape index (κ3) is 3.35. The molecule has 112 valence electrons. The fourth-order valence-electron chi connectivity index (χ4n) is 3.94. The number of nitrogens with two attached hydrogens (primary N) is 1. The minimum atomic E-state index is 0.240. The van der Waals surface area contributed by atoms with Crippen LogP contribution in [0.15, 0.2) is 24.3 Å². The lowest BCUT2D eigenvalue weighted by Gasteiger charge is -2.37. The summed E-state index contributed by atoms with van der Waals surface area (Å²) in [7, 11) is 1.74. The van der Waals surface area contributed by atoms with Crippen LogP contribution in [0.2, 0.25) is 0 Å². The van der Waals surface area contributed by atoms with Gasteiger partial charge in [0.25, 0.3) is 0 Å². The van der Waals surface area contributed by atoms with Crippen LogP contribution in [0.5, 0.6) is 5.75 Å². The number of hydrogen-bond donors (Lipinski definition) is 1. The lowest BCUT2D eigenvalue weighted by atomic mass is 9.71. The van der Waals surface area contributed by atoms with E-state index >= 15 is 0 Å². The van der Waals surface area contributed by atoms with Crippen LogP contribution < -0.4 is 10.5 Å². The van der Waals surface area contributed by atoms with Crippen LogP contribution in [0.4, 0.5) is 0 Å².